The summed E-state index contributed by atoms with van der Waals surface area (Å²) < 4.78 is 13.1. The molecule has 3 rings (SSSR count). The molecule has 1 atom stereocenters. The van der Waals surface area contributed by atoms with Gasteiger partial charge in [0.2, 0.25) is 0 Å². The van der Waals surface area contributed by atoms with E-state index in [1.807, 2.05) is 12.1 Å². The van der Waals surface area contributed by atoms with Crippen LogP contribution in [0.1, 0.15) is 31.0 Å². The largest absolute Gasteiger partial charge is 0.494 e. The molecule has 0 spiro atoms. The van der Waals surface area contributed by atoms with Crippen LogP contribution in [0.5, 0.6) is 5.75 Å². The van der Waals surface area contributed by atoms with E-state index < -0.39 is 0 Å². The normalized spacial score (nSPS) is 18.7. The van der Waals surface area contributed by atoms with E-state index in [-0.39, 0.29) is 0 Å². The lowest BCUT2D eigenvalue weighted by atomic mass is 9.99. The van der Waals surface area contributed by atoms with Crippen LogP contribution in [0.2, 0.25) is 0 Å². The van der Waals surface area contributed by atoms with Gasteiger partial charge in [0.05, 0.1) is 12.6 Å². The molecule has 5 heteroatoms. The van der Waals surface area contributed by atoms with Crippen molar-refractivity contribution in [2.45, 2.75) is 31.7 Å². The molecule has 0 bridgehead atoms. The second kappa shape index (κ2) is 7.11. The minimum absolute atomic E-state index is 0.480. The molecule has 5 nitrogen and oxygen atoms in total. The number of hydrogen-bond donors (Lipinski definition) is 1. The third-order valence-electron chi connectivity index (χ3n) is 4.38. The van der Waals surface area contributed by atoms with Gasteiger partial charge >= 0.3 is 0 Å². The molecule has 1 aromatic heterocycles. The van der Waals surface area contributed by atoms with Crippen LogP contribution in [0.4, 0.5) is 0 Å². The number of ether oxygens (including phenoxy) is 2. The second-order valence-corrected chi connectivity index (χ2v) is 5.84. The van der Waals surface area contributed by atoms with Gasteiger partial charge in [-0.2, -0.15) is 0 Å². The van der Waals surface area contributed by atoms with Gasteiger partial charge in [-0.05, 0) is 37.9 Å². The molecule has 0 amide bonds. The molecule has 2 heterocycles. The zero-order valence-corrected chi connectivity index (χ0v) is 13.5. The molecule has 1 fully saturated rings. The lowest BCUT2D eigenvalue weighted by Crippen LogP contribution is -2.30. The average molecular weight is 303 g/mol. The molecule has 0 unspecified atom stereocenters. The molecule has 0 aliphatic carbocycles. The van der Waals surface area contributed by atoms with E-state index in [0.717, 1.165) is 49.4 Å². The number of fused-ring (bicyclic) bond motifs is 1. The highest BCUT2D eigenvalue weighted by Crippen LogP contribution is 2.31. The van der Waals surface area contributed by atoms with Gasteiger partial charge in [-0.25, -0.2) is 4.98 Å². The third kappa shape index (κ3) is 2.96. The van der Waals surface area contributed by atoms with Gasteiger partial charge < -0.3 is 19.4 Å². The average Bonchev–Trinajstić information content (AvgIpc) is 2.95. The Morgan fingerprint density at radius 3 is 3.00 bits per heavy atom. The zero-order valence-electron chi connectivity index (χ0n) is 13.5. The van der Waals surface area contributed by atoms with Crippen molar-refractivity contribution in [1.29, 1.82) is 0 Å². The summed E-state index contributed by atoms with van der Waals surface area (Å²) >= 11 is 0. The number of aromatic nitrogens is 2. The monoisotopic (exact) mass is 303 g/mol. The molecule has 22 heavy (non-hydrogen) atoms. The van der Waals surface area contributed by atoms with Crippen LogP contribution in [-0.2, 0) is 11.3 Å². The Bertz CT molecular complexity index is 618. The topological polar surface area (TPSA) is 48.3 Å². The molecule has 1 saturated heterocycles. The summed E-state index contributed by atoms with van der Waals surface area (Å²) in [4.78, 5) is 4.94. The molecular weight excluding hydrogens is 278 g/mol. The first-order valence-corrected chi connectivity index (χ1v) is 8.08. The van der Waals surface area contributed by atoms with Crippen molar-refractivity contribution in [1.82, 2.24) is 14.9 Å². The van der Waals surface area contributed by atoms with Gasteiger partial charge in [0.1, 0.15) is 17.1 Å². The van der Waals surface area contributed by atoms with Crippen molar-refractivity contribution in [2.75, 3.05) is 33.9 Å². The highest BCUT2D eigenvalue weighted by molar-refractivity contribution is 5.82. The van der Waals surface area contributed by atoms with Crippen molar-refractivity contribution in [3.63, 3.8) is 0 Å². The molecule has 1 aromatic carbocycles. The van der Waals surface area contributed by atoms with Crippen molar-refractivity contribution in [3.8, 4) is 5.75 Å². The number of para-hydroxylation sites is 1. The van der Waals surface area contributed by atoms with Crippen LogP contribution in [0, 0.1) is 0 Å². The molecular formula is C17H25N3O2. The molecule has 2 aromatic rings. The van der Waals surface area contributed by atoms with E-state index in [9.17, 15) is 0 Å². The van der Waals surface area contributed by atoms with Gasteiger partial charge in [0.25, 0.3) is 0 Å². The van der Waals surface area contributed by atoms with Gasteiger partial charge in [-0.1, -0.05) is 6.07 Å². The predicted octanol–water partition coefficient (Wildman–Crippen LogP) is 2.55. The number of aryl methyl sites for hydroxylation is 1. The van der Waals surface area contributed by atoms with E-state index in [4.69, 9.17) is 14.5 Å². The van der Waals surface area contributed by atoms with Gasteiger partial charge in [-0.3, -0.25) is 0 Å². The Morgan fingerprint density at radius 2 is 2.27 bits per heavy atom. The van der Waals surface area contributed by atoms with Crippen LogP contribution in [0.25, 0.3) is 11.0 Å². The van der Waals surface area contributed by atoms with Gasteiger partial charge in [-0.15, -0.1) is 0 Å². The summed E-state index contributed by atoms with van der Waals surface area (Å²) in [5, 5.41) is 3.49. The molecule has 1 aliphatic heterocycles. The van der Waals surface area contributed by atoms with Crippen LogP contribution in [0.3, 0.4) is 0 Å². The predicted molar refractivity (Wildman–Crippen MR) is 87.6 cm³/mol. The fourth-order valence-corrected chi connectivity index (χ4v) is 3.29. The van der Waals surface area contributed by atoms with Crippen LogP contribution in [0.15, 0.2) is 18.2 Å². The van der Waals surface area contributed by atoms with E-state index in [2.05, 4.69) is 16.0 Å². The van der Waals surface area contributed by atoms with E-state index in [0.29, 0.717) is 5.92 Å². The molecule has 120 valence electrons. The summed E-state index contributed by atoms with van der Waals surface area (Å²) in [6.07, 6.45) is 3.40. The Morgan fingerprint density at radius 1 is 1.36 bits per heavy atom. The standard InChI is InChI=1S/C17H25N3O2/c1-21-11-5-10-20-14-7-3-8-15(22-2)16(14)19-17(20)13-6-4-9-18-12-13/h3,7-8,13,18H,4-6,9-12H2,1-2H3/t13-/m1/s1. The van der Waals surface area contributed by atoms with E-state index >= 15 is 0 Å². The summed E-state index contributed by atoms with van der Waals surface area (Å²) in [5.74, 6) is 2.52. The number of nitrogens with zero attached hydrogens (tertiary/aromatic N) is 2. The maximum atomic E-state index is 5.49. The second-order valence-electron chi connectivity index (χ2n) is 5.84. The van der Waals surface area contributed by atoms with Crippen molar-refractivity contribution in [3.05, 3.63) is 24.0 Å². The number of nitrogens with one attached hydrogen (secondary N) is 1. The van der Waals surface area contributed by atoms with Crippen LogP contribution in [-0.4, -0.2) is 43.5 Å². The van der Waals surface area contributed by atoms with Crippen molar-refractivity contribution in [2.24, 2.45) is 0 Å². The van der Waals surface area contributed by atoms with E-state index in [1.54, 1.807) is 14.2 Å². The Balaban J connectivity index is 2.01. The first-order valence-electron chi connectivity index (χ1n) is 8.08. The van der Waals surface area contributed by atoms with Crippen molar-refractivity contribution >= 4 is 11.0 Å². The minimum atomic E-state index is 0.480. The number of benzene rings is 1. The summed E-state index contributed by atoms with van der Waals surface area (Å²) in [7, 11) is 3.46. The summed E-state index contributed by atoms with van der Waals surface area (Å²) in [6, 6.07) is 6.16. The number of hydrogen-bond acceptors (Lipinski definition) is 4. The van der Waals surface area contributed by atoms with E-state index in [1.165, 1.54) is 18.7 Å². The smallest absolute Gasteiger partial charge is 0.146 e. The first-order chi connectivity index (χ1) is 10.8. The highest BCUT2D eigenvalue weighted by atomic mass is 16.5. The maximum Gasteiger partial charge on any atom is 0.146 e. The number of piperidine rings is 1. The Hall–Kier alpha value is -1.59. The lowest BCUT2D eigenvalue weighted by Gasteiger charge is -2.23. The maximum absolute atomic E-state index is 5.49. The SMILES string of the molecule is COCCCn1c([C@@H]2CCCNC2)nc2c(OC)cccc21. The quantitative estimate of drug-likeness (QED) is 0.833. The van der Waals surface area contributed by atoms with Gasteiger partial charge in [0.15, 0.2) is 0 Å². The minimum Gasteiger partial charge on any atom is -0.494 e. The summed E-state index contributed by atoms with van der Waals surface area (Å²) in [5.41, 5.74) is 2.14. The van der Waals surface area contributed by atoms with Crippen LogP contribution < -0.4 is 10.1 Å². The summed E-state index contributed by atoms with van der Waals surface area (Å²) in [6.45, 7) is 3.83. The fraction of sp³-hybridized carbons (Fsp3) is 0.588. The highest BCUT2D eigenvalue weighted by Gasteiger charge is 2.23. The Kier molecular flexibility index (Phi) is 4.95. The number of imidazole rings is 1. The first kappa shape index (κ1) is 15.3. The fourth-order valence-electron chi connectivity index (χ4n) is 3.29. The molecule has 1 N–H and O–H groups in total. The zero-order chi connectivity index (χ0) is 15.4. The molecule has 0 saturated carbocycles. The third-order valence-corrected chi connectivity index (χ3v) is 4.38. The Labute approximate surface area is 131 Å². The van der Waals surface area contributed by atoms with Crippen LogP contribution >= 0.6 is 0 Å². The van der Waals surface area contributed by atoms with Crippen molar-refractivity contribution < 1.29 is 9.47 Å². The number of rotatable bonds is 6. The number of methoxy groups -OCH3 is 2. The lowest BCUT2D eigenvalue weighted by molar-refractivity contribution is 0.190. The molecule has 0 radical (unpaired) electrons. The molecule has 1 aliphatic rings. The van der Waals surface area contributed by atoms with Gasteiger partial charge in [0, 0.05) is 32.7 Å².